The van der Waals surface area contributed by atoms with Gasteiger partial charge in [0.25, 0.3) is 0 Å². The molecular formula is C14H17NO5. The van der Waals surface area contributed by atoms with Gasteiger partial charge in [-0.25, -0.2) is 0 Å². The molecule has 6 heteroatoms. The molecule has 0 saturated carbocycles. The van der Waals surface area contributed by atoms with Crippen LogP contribution in [0, 0.1) is 0 Å². The largest absolute Gasteiger partial charge is 0.394 e. The zero-order valence-electron chi connectivity index (χ0n) is 10.7. The molecule has 1 aromatic carbocycles. The number of hydrogen-bond donors (Lipinski definition) is 4. The fraction of sp³-hybridized carbons (Fsp3) is 0.429. The van der Waals surface area contributed by atoms with E-state index in [1.165, 1.54) is 0 Å². The number of fused-ring (bicyclic) bond motifs is 1. The van der Waals surface area contributed by atoms with Gasteiger partial charge in [-0.3, -0.25) is 0 Å². The van der Waals surface area contributed by atoms with Crippen LogP contribution in [0.3, 0.4) is 0 Å². The smallest absolute Gasteiger partial charge is 0.163 e. The number of aromatic nitrogens is 1. The van der Waals surface area contributed by atoms with Gasteiger partial charge >= 0.3 is 0 Å². The minimum atomic E-state index is -1.37. The standard InChI is InChI=1S/C14H17NO5/c16-7-10-11(17)12(18)13(19)14(20-10)15-6-5-8-3-1-2-4-9(8)15/h1-6,10-14,16-19H,7H2/t10-,11+,12-,13+,14+/m0/s1. The summed E-state index contributed by atoms with van der Waals surface area (Å²) in [6.07, 6.45) is -3.99. The van der Waals surface area contributed by atoms with Crippen molar-refractivity contribution < 1.29 is 25.2 Å². The molecule has 1 aliphatic heterocycles. The first-order chi connectivity index (χ1) is 9.63. The fourth-order valence-corrected chi connectivity index (χ4v) is 2.64. The van der Waals surface area contributed by atoms with E-state index in [1.54, 1.807) is 10.8 Å². The van der Waals surface area contributed by atoms with E-state index in [2.05, 4.69) is 0 Å². The highest BCUT2D eigenvalue weighted by molar-refractivity contribution is 5.80. The quantitative estimate of drug-likeness (QED) is 0.601. The van der Waals surface area contributed by atoms with Crippen molar-refractivity contribution in [2.45, 2.75) is 30.6 Å². The summed E-state index contributed by atoms with van der Waals surface area (Å²) in [5.74, 6) is 0. The van der Waals surface area contributed by atoms with Crippen LogP contribution in [0.1, 0.15) is 6.23 Å². The predicted molar refractivity (Wildman–Crippen MR) is 71.0 cm³/mol. The molecule has 0 aliphatic carbocycles. The molecule has 108 valence electrons. The molecule has 3 rings (SSSR count). The fourth-order valence-electron chi connectivity index (χ4n) is 2.64. The van der Waals surface area contributed by atoms with Crippen molar-refractivity contribution in [3.63, 3.8) is 0 Å². The van der Waals surface area contributed by atoms with Crippen molar-refractivity contribution in [3.05, 3.63) is 36.5 Å². The number of nitrogens with zero attached hydrogens (tertiary/aromatic N) is 1. The van der Waals surface area contributed by atoms with Gasteiger partial charge in [0, 0.05) is 6.20 Å². The summed E-state index contributed by atoms with van der Waals surface area (Å²) in [6, 6.07) is 9.44. The number of para-hydroxylation sites is 1. The minimum absolute atomic E-state index is 0.430. The summed E-state index contributed by atoms with van der Waals surface area (Å²) in [7, 11) is 0. The lowest BCUT2D eigenvalue weighted by atomic mass is 9.98. The number of rotatable bonds is 2. The van der Waals surface area contributed by atoms with E-state index < -0.39 is 37.3 Å². The minimum Gasteiger partial charge on any atom is -0.394 e. The third-order valence-corrected chi connectivity index (χ3v) is 3.77. The molecule has 1 saturated heterocycles. The van der Waals surface area contributed by atoms with Crippen LogP contribution < -0.4 is 0 Å². The molecule has 0 radical (unpaired) electrons. The Morgan fingerprint density at radius 3 is 2.50 bits per heavy atom. The van der Waals surface area contributed by atoms with E-state index in [1.807, 2.05) is 30.3 Å². The van der Waals surface area contributed by atoms with Crippen LogP contribution in [0.4, 0.5) is 0 Å². The SMILES string of the molecule is OC[C@@H]1O[C@@H](n2ccc3ccccc32)[C@H](O)[C@@H](O)[C@@H]1O. The average Bonchev–Trinajstić information content (AvgIpc) is 2.89. The number of aliphatic hydroxyl groups excluding tert-OH is 4. The molecule has 1 aromatic heterocycles. The Bertz CT molecular complexity index is 596. The highest BCUT2D eigenvalue weighted by Gasteiger charge is 2.44. The van der Waals surface area contributed by atoms with Crippen LogP contribution in [0.2, 0.25) is 0 Å². The highest BCUT2D eigenvalue weighted by Crippen LogP contribution is 2.31. The maximum Gasteiger partial charge on any atom is 0.163 e. The predicted octanol–water partition coefficient (Wildman–Crippen LogP) is -0.386. The average molecular weight is 279 g/mol. The lowest BCUT2D eigenvalue weighted by Crippen LogP contribution is -2.56. The Morgan fingerprint density at radius 2 is 1.75 bits per heavy atom. The van der Waals surface area contributed by atoms with Crippen LogP contribution in [0.25, 0.3) is 10.9 Å². The Labute approximate surface area is 115 Å². The van der Waals surface area contributed by atoms with Gasteiger partial charge in [0.1, 0.15) is 24.4 Å². The van der Waals surface area contributed by atoms with Crippen molar-refractivity contribution in [2.24, 2.45) is 0 Å². The van der Waals surface area contributed by atoms with Crippen molar-refractivity contribution in [1.82, 2.24) is 4.57 Å². The number of benzene rings is 1. The highest BCUT2D eigenvalue weighted by atomic mass is 16.6. The molecule has 1 aliphatic rings. The van der Waals surface area contributed by atoms with E-state index >= 15 is 0 Å². The molecule has 4 N–H and O–H groups in total. The first kappa shape index (κ1) is 13.5. The molecule has 2 heterocycles. The molecular weight excluding hydrogens is 262 g/mol. The summed E-state index contributed by atoms with van der Waals surface area (Å²) < 4.78 is 7.23. The molecule has 0 amide bonds. The summed E-state index contributed by atoms with van der Waals surface area (Å²) in [4.78, 5) is 0. The second-order valence-electron chi connectivity index (χ2n) is 5.00. The molecule has 0 bridgehead atoms. The molecule has 0 spiro atoms. The second kappa shape index (κ2) is 5.16. The maximum atomic E-state index is 10.1. The second-order valence-corrected chi connectivity index (χ2v) is 5.00. The zero-order valence-corrected chi connectivity index (χ0v) is 10.7. The van der Waals surface area contributed by atoms with Crippen LogP contribution >= 0.6 is 0 Å². The van der Waals surface area contributed by atoms with Crippen LogP contribution in [-0.2, 0) is 4.74 Å². The summed E-state index contributed by atoms with van der Waals surface area (Å²) >= 11 is 0. The normalized spacial score (nSPS) is 34.5. The van der Waals surface area contributed by atoms with Crippen LogP contribution in [-0.4, -0.2) is 56.0 Å². The first-order valence-corrected chi connectivity index (χ1v) is 6.49. The number of ether oxygens (including phenoxy) is 1. The van der Waals surface area contributed by atoms with Crippen LogP contribution in [0.5, 0.6) is 0 Å². The lowest BCUT2D eigenvalue weighted by molar-refractivity contribution is -0.250. The lowest BCUT2D eigenvalue weighted by Gasteiger charge is -2.40. The van der Waals surface area contributed by atoms with Gasteiger partial charge in [-0.2, -0.15) is 0 Å². The van der Waals surface area contributed by atoms with Crippen molar-refractivity contribution in [1.29, 1.82) is 0 Å². The monoisotopic (exact) mass is 279 g/mol. The van der Waals surface area contributed by atoms with Gasteiger partial charge in [-0.15, -0.1) is 0 Å². The van der Waals surface area contributed by atoms with Gasteiger partial charge in [-0.1, -0.05) is 18.2 Å². The van der Waals surface area contributed by atoms with E-state index in [-0.39, 0.29) is 0 Å². The Morgan fingerprint density at radius 1 is 1.00 bits per heavy atom. The summed E-state index contributed by atoms with van der Waals surface area (Å²) in [6.45, 7) is -0.430. The van der Waals surface area contributed by atoms with Gasteiger partial charge in [0.15, 0.2) is 6.23 Å². The van der Waals surface area contributed by atoms with Crippen LogP contribution in [0.15, 0.2) is 36.5 Å². The van der Waals surface area contributed by atoms with E-state index in [0.29, 0.717) is 0 Å². The van der Waals surface area contributed by atoms with Crippen molar-refractivity contribution in [2.75, 3.05) is 6.61 Å². The third-order valence-electron chi connectivity index (χ3n) is 3.77. The molecule has 2 aromatic rings. The molecule has 1 fully saturated rings. The van der Waals surface area contributed by atoms with E-state index in [9.17, 15) is 20.4 Å². The number of hydrogen-bond acceptors (Lipinski definition) is 5. The van der Waals surface area contributed by atoms with E-state index in [4.69, 9.17) is 4.74 Å². The third kappa shape index (κ3) is 2.02. The van der Waals surface area contributed by atoms with Gasteiger partial charge in [0.05, 0.1) is 12.1 Å². The summed E-state index contributed by atoms with van der Waals surface area (Å²) in [5, 5.41) is 39.9. The zero-order chi connectivity index (χ0) is 14.3. The van der Waals surface area contributed by atoms with Crippen molar-refractivity contribution in [3.8, 4) is 0 Å². The first-order valence-electron chi connectivity index (χ1n) is 6.49. The van der Waals surface area contributed by atoms with E-state index in [0.717, 1.165) is 10.9 Å². The van der Waals surface area contributed by atoms with Gasteiger partial charge in [-0.05, 0) is 17.5 Å². The van der Waals surface area contributed by atoms with Crippen molar-refractivity contribution >= 4 is 10.9 Å². The summed E-state index contributed by atoms with van der Waals surface area (Å²) in [5.41, 5.74) is 0.844. The Balaban J connectivity index is 2.00. The Kier molecular flexibility index (Phi) is 3.49. The molecule has 6 nitrogen and oxygen atoms in total. The molecule has 0 unspecified atom stereocenters. The molecule has 20 heavy (non-hydrogen) atoms. The maximum absolute atomic E-state index is 10.1. The topological polar surface area (TPSA) is 95.1 Å². The molecule has 5 atom stereocenters. The number of aliphatic hydroxyl groups is 4. The van der Waals surface area contributed by atoms with Gasteiger partial charge < -0.3 is 29.7 Å². The Hall–Kier alpha value is -1.44. The van der Waals surface area contributed by atoms with Gasteiger partial charge in [0.2, 0.25) is 0 Å².